The summed E-state index contributed by atoms with van der Waals surface area (Å²) in [4.78, 5) is 41.0. The van der Waals surface area contributed by atoms with Crippen LogP contribution < -0.4 is 0 Å². The highest BCUT2D eigenvalue weighted by molar-refractivity contribution is 6.13. The van der Waals surface area contributed by atoms with Gasteiger partial charge in [0.05, 0.1) is 23.3 Å². The lowest BCUT2D eigenvalue weighted by Gasteiger charge is -2.45. The topological polar surface area (TPSA) is 101 Å². The Morgan fingerprint density at radius 3 is 2.20 bits per heavy atom. The van der Waals surface area contributed by atoms with E-state index in [2.05, 4.69) is 12.7 Å². The van der Waals surface area contributed by atoms with Gasteiger partial charge in [-0.3, -0.25) is 14.4 Å². The molecule has 0 radical (unpaired) electrons. The van der Waals surface area contributed by atoms with Crippen LogP contribution in [0.1, 0.15) is 85.6 Å². The first-order chi connectivity index (χ1) is 19.2. The van der Waals surface area contributed by atoms with E-state index in [-0.39, 0.29) is 35.0 Å². The van der Waals surface area contributed by atoms with E-state index in [1.54, 1.807) is 44.2 Å². The predicted molar refractivity (Wildman–Crippen MR) is 161 cm³/mol. The lowest BCUT2D eigenvalue weighted by atomic mass is 9.61. The molecule has 1 aliphatic carbocycles. The van der Waals surface area contributed by atoms with E-state index in [1.807, 2.05) is 40.7 Å². The normalized spacial score (nSPS) is 23.8. The molecule has 0 fully saturated rings. The van der Waals surface area contributed by atoms with Crippen molar-refractivity contribution in [3.8, 4) is 0 Å². The number of hydrogen-bond donors (Lipinski definition) is 2. The summed E-state index contributed by atoms with van der Waals surface area (Å²) < 4.78 is 6.44. The molecule has 2 aliphatic rings. The summed E-state index contributed by atoms with van der Waals surface area (Å²) in [7, 11) is 0. The molecule has 220 valence electrons. The zero-order chi connectivity index (χ0) is 30.6. The van der Waals surface area contributed by atoms with E-state index in [4.69, 9.17) is 4.74 Å². The Hall–Kier alpha value is -3.67. The number of carboxylic acids is 1. The van der Waals surface area contributed by atoms with Crippen LogP contribution in [-0.4, -0.2) is 33.9 Å². The number of aliphatic hydroxyl groups is 1. The van der Waals surface area contributed by atoms with Crippen LogP contribution in [0.25, 0.3) is 0 Å². The molecule has 0 spiro atoms. The van der Waals surface area contributed by atoms with Gasteiger partial charge in [0.15, 0.2) is 11.6 Å². The van der Waals surface area contributed by atoms with Crippen molar-refractivity contribution < 1.29 is 29.3 Å². The molecule has 2 N–H and O–H groups in total. The van der Waals surface area contributed by atoms with Crippen molar-refractivity contribution in [2.45, 2.75) is 86.2 Å². The van der Waals surface area contributed by atoms with Gasteiger partial charge in [0.25, 0.3) is 0 Å². The second kappa shape index (κ2) is 12.9. The molecule has 41 heavy (non-hydrogen) atoms. The number of carboxylic acid groups (broad SMARTS) is 1. The Kier molecular flexibility index (Phi) is 10.0. The van der Waals surface area contributed by atoms with Gasteiger partial charge in [0, 0.05) is 11.5 Å². The average Bonchev–Trinajstić information content (AvgIpc) is 2.90. The van der Waals surface area contributed by atoms with Gasteiger partial charge in [-0.05, 0) is 72.3 Å². The summed E-state index contributed by atoms with van der Waals surface area (Å²) in [5.74, 6) is -3.72. The van der Waals surface area contributed by atoms with E-state index in [0.717, 1.165) is 16.7 Å². The number of aliphatic carboxylic acids is 1. The van der Waals surface area contributed by atoms with Crippen LogP contribution in [0, 0.1) is 17.3 Å². The fourth-order valence-electron chi connectivity index (χ4n) is 5.74. The maximum Gasteiger partial charge on any atom is 0.304 e. The van der Waals surface area contributed by atoms with E-state index in [9.17, 15) is 19.8 Å². The second-order valence-electron chi connectivity index (χ2n) is 12.2. The van der Waals surface area contributed by atoms with Crippen LogP contribution in [0.3, 0.4) is 0 Å². The van der Waals surface area contributed by atoms with Crippen molar-refractivity contribution >= 4 is 17.5 Å². The number of Topliss-reactive ketones (excluding diaryl/α,β-unsaturated/α-hetero) is 2. The largest absolute Gasteiger partial charge is 0.507 e. The van der Waals surface area contributed by atoms with Gasteiger partial charge in [-0.2, -0.15) is 0 Å². The summed E-state index contributed by atoms with van der Waals surface area (Å²) in [6.45, 7) is 17.6. The van der Waals surface area contributed by atoms with Crippen LogP contribution in [0.2, 0.25) is 0 Å². The SMILES string of the molecule is C=C(C)[C@H](CC=C(C)C)C[C@]1(CC=C(C)C)C(=O)C([C@H](CC(=O)O)c2ccccc2)=C(O)C2=C1O[C@H](C)[C@H](C)C2=O. The van der Waals surface area contributed by atoms with Crippen molar-refractivity contribution in [2.75, 3.05) is 0 Å². The second-order valence-corrected chi connectivity index (χ2v) is 12.2. The summed E-state index contributed by atoms with van der Waals surface area (Å²) in [6.07, 6.45) is 4.34. The number of ketones is 2. The molecule has 1 aromatic carbocycles. The number of rotatable bonds is 11. The van der Waals surface area contributed by atoms with E-state index >= 15 is 4.79 Å². The third kappa shape index (κ3) is 6.64. The minimum absolute atomic E-state index is 0.00126. The minimum atomic E-state index is -1.33. The van der Waals surface area contributed by atoms with Crippen LogP contribution in [0.4, 0.5) is 0 Å². The van der Waals surface area contributed by atoms with Crippen LogP contribution in [0.15, 0.2) is 88.4 Å². The Labute approximate surface area is 244 Å². The highest BCUT2D eigenvalue weighted by atomic mass is 16.5. The Morgan fingerprint density at radius 2 is 1.66 bits per heavy atom. The number of aliphatic hydroxyl groups excluding tert-OH is 1. The molecule has 3 rings (SSSR count). The van der Waals surface area contributed by atoms with Crippen molar-refractivity contribution in [2.24, 2.45) is 17.3 Å². The van der Waals surface area contributed by atoms with Gasteiger partial charge >= 0.3 is 5.97 Å². The number of hydrogen-bond acceptors (Lipinski definition) is 5. The summed E-state index contributed by atoms with van der Waals surface area (Å²) in [5, 5.41) is 21.7. The van der Waals surface area contributed by atoms with Gasteiger partial charge in [0.2, 0.25) is 0 Å². The van der Waals surface area contributed by atoms with Crippen molar-refractivity contribution in [3.05, 3.63) is 94.0 Å². The molecule has 1 heterocycles. The third-order valence-corrected chi connectivity index (χ3v) is 8.39. The summed E-state index contributed by atoms with van der Waals surface area (Å²) in [5.41, 5.74) is 2.23. The van der Waals surface area contributed by atoms with Gasteiger partial charge in [-0.1, -0.05) is 72.7 Å². The maximum absolute atomic E-state index is 15.0. The molecular weight excluding hydrogens is 516 g/mol. The van der Waals surface area contributed by atoms with Crippen LogP contribution in [-0.2, 0) is 19.1 Å². The summed E-state index contributed by atoms with van der Waals surface area (Å²) in [6, 6.07) is 8.84. The predicted octanol–water partition coefficient (Wildman–Crippen LogP) is 7.80. The van der Waals surface area contributed by atoms with Crippen LogP contribution >= 0.6 is 0 Å². The smallest absolute Gasteiger partial charge is 0.304 e. The molecule has 6 nitrogen and oxygen atoms in total. The van der Waals surface area contributed by atoms with Crippen molar-refractivity contribution in [1.82, 2.24) is 0 Å². The Bertz CT molecular complexity index is 1330. The molecule has 0 aromatic heterocycles. The number of carbonyl (C=O) groups excluding carboxylic acids is 2. The Morgan fingerprint density at radius 1 is 1.05 bits per heavy atom. The Balaban J connectivity index is 2.41. The van der Waals surface area contributed by atoms with Gasteiger partial charge in [-0.15, -0.1) is 0 Å². The average molecular weight is 561 g/mol. The third-order valence-electron chi connectivity index (χ3n) is 8.39. The fourth-order valence-corrected chi connectivity index (χ4v) is 5.74. The molecule has 1 aromatic rings. The molecular formula is C35H44O6. The van der Waals surface area contributed by atoms with Crippen LogP contribution in [0.5, 0.6) is 0 Å². The zero-order valence-electron chi connectivity index (χ0n) is 25.4. The van der Waals surface area contributed by atoms with Gasteiger partial charge < -0.3 is 14.9 Å². The highest BCUT2D eigenvalue weighted by Crippen LogP contribution is 2.54. The lowest BCUT2D eigenvalue weighted by Crippen LogP contribution is -2.48. The van der Waals surface area contributed by atoms with Crippen molar-refractivity contribution in [1.29, 1.82) is 0 Å². The number of benzene rings is 1. The summed E-state index contributed by atoms with van der Waals surface area (Å²) >= 11 is 0. The fraction of sp³-hybridized carbons (Fsp3) is 0.457. The molecule has 0 saturated heterocycles. The number of carbonyl (C=O) groups is 3. The molecule has 0 amide bonds. The maximum atomic E-state index is 15.0. The first kappa shape index (κ1) is 31.9. The van der Waals surface area contributed by atoms with Crippen molar-refractivity contribution in [3.63, 3.8) is 0 Å². The first-order valence-electron chi connectivity index (χ1n) is 14.3. The molecule has 0 saturated carbocycles. The standard InChI is InChI=1S/C35H44O6/c1-20(2)14-15-26(22(5)6)19-35(17-16-21(3)4)33(40)29(27(18-28(36)37)25-12-10-9-11-13-25)32(39)30-31(38)23(7)24(8)41-34(30)35/h9-14,16,23-24,26-27,39H,5,15,17-19H2,1-4,6-8H3,(H,36,37)/t23-,24+,26+,27+,35+/m0/s1. The first-order valence-corrected chi connectivity index (χ1v) is 14.3. The molecule has 5 atom stereocenters. The molecule has 0 bridgehead atoms. The number of allylic oxidation sites excluding steroid dienone is 8. The zero-order valence-corrected chi connectivity index (χ0v) is 25.4. The van der Waals surface area contributed by atoms with Gasteiger partial charge in [-0.25, -0.2) is 0 Å². The van der Waals surface area contributed by atoms with Gasteiger partial charge in [0.1, 0.15) is 17.6 Å². The lowest BCUT2D eigenvalue weighted by molar-refractivity contribution is -0.137. The molecule has 1 aliphatic heterocycles. The number of ether oxygens (including phenoxy) is 1. The highest BCUT2D eigenvalue weighted by Gasteiger charge is 2.56. The minimum Gasteiger partial charge on any atom is -0.507 e. The van der Waals surface area contributed by atoms with E-state index < -0.39 is 47.3 Å². The van der Waals surface area contributed by atoms with E-state index in [1.165, 1.54) is 0 Å². The molecule has 6 heteroatoms. The molecule has 0 unspecified atom stereocenters. The van der Waals surface area contributed by atoms with E-state index in [0.29, 0.717) is 18.4 Å². The monoisotopic (exact) mass is 560 g/mol. The quantitative estimate of drug-likeness (QED) is 0.268.